The van der Waals surface area contributed by atoms with Crippen molar-refractivity contribution in [1.29, 1.82) is 0 Å². The molecule has 0 aromatic carbocycles. The molecule has 4 aliphatic rings. The van der Waals surface area contributed by atoms with E-state index in [1.807, 2.05) is 0 Å². The SMILES string of the molecule is C=COC1CC(=O)N[C@@H]2CC[C@H]3[C@@H]4CCC[C@@]4(C)CC[C@@H]3[C@@]12C. The van der Waals surface area contributed by atoms with Gasteiger partial charge in [0, 0.05) is 11.5 Å². The predicted molar refractivity (Wildman–Crippen MR) is 90.6 cm³/mol. The maximum atomic E-state index is 12.1. The first-order chi connectivity index (χ1) is 11.0. The average molecular weight is 317 g/mol. The smallest absolute Gasteiger partial charge is 0.223 e. The van der Waals surface area contributed by atoms with Crippen LogP contribution in [0.25, 0.3) is 0 Å². The molecule has 0 aromatic heterocycles. The molecule has 1 heterocycles. The fourth-order valence-corrected chi connectivity index (χ4v) is 7.03. The second-order valence-corrected chi connectivity index (χ2v) is 9.02. The summed E-state index contributed by atoms with van der Waals surface area (Å²) in [5.41, 5.74) is 0.645. The largest absolute Gasteiger partial charge is 0.497 e. The van der Waals surface area contributed by atoms with Crippen molar-refractivity contribution in [2.75, 3.05) is 0 Å². The van der Waals surface area contributed by atoms with Crippen LogP contribution in [0.5, 0.6) is 0 Å². The molecule has 3 saturated carbocycles. The first kappa shape index (κ1) is 15.5. The van der Waals surface area contributed by atoms with Crippen LogP contribution in [0.3, 0.4) is 0 Å². The monoisotopic (exact) mass is 317 g/mol. The normalized spacial score (nSPS) is 51.9. The summed E-state index contributed by atoms with van der Waals surface area (Å²) < 4.78 is 5.91. The highest BCUT2D eigenvalue weighted by atomic mass is 16.5. The Balaban J connectivity index is 1.68. The minimum absolute atomic E-state index is 0.00249. The number of hydrogen-bond acceptors (Lipinski definition) is 2. The minimum atomic E-state index is -0.00249. The third kappa shape index (κ3) is 2.11. The number of nitrogens with one attached hydrogen (secondary N) is 1. The van der Waals surface area contributed by atoms with E-state index in [-0.39, 0.29) is 23.5 Å². The molecule has 7 atom stereocenters. The third-order valence-electron chi connectivity index (χ3n) is 8.22. The van der Waals surface area contributed by atoms with E-state index in [0.29, 0.717) is 17.8 Å². The van der Waals surface area contributed by atoms with Gasteiger partial charge in [0.05, 0.1) is 12.7 Å². The first-order valence-corrected chi connectivity index (χ1v) is 9.55. The number of carbonyl (C=O) groups is 1. The van der Waals surface area contributed by atoms with Crippen LogP contribution >= 0.6 is 0 Å². The minimum Gasteiger partial charge on any atom is -0.497 e. The zero-order chi connectivity index (χ0) is 16.2. The second kappa shape index (κ2) is 5.26. The summed E-state index contributed by atoms with van der Waals surface area (Å²) in [4.78, 5) is 12.1. The van der Waals surface area contributed by atoms with Gasteiger partial charge in [-0.3, -0.25) is 4.79 Å². The van der Waals surface area contributed by atoms with Crippen molar-refractivity contribution >= 4 is 5.91 Å². The van der Waals surface area contributed by atoms with Gasteiger partial charge >= 0.3 is 0 Å². The molecule has 23 heavy (non-hydrogen) atoms. The molecule has 3 nitrogen and oxygen atoms in total. The second-order valence-electron chi connectivity index (χ2n) is 9.02. The van der Waals surface area contributed by atoms with Gasteiger partial charge in [-0.25, -0.2) is 0 Å². The molecule has 3 heteroatoms. The van der Waals surface area contributed by atoms with Crippen molar-refractivity contribution in [1.82, 2.24) is 5.32 Å². The Kier molecular flexibility index (Phi) is 3.55. The van der Waals surface area contributed by atoms with Gasteiger partial charge in [0.25, 0.3) is 0 Å². The van der Waals surface area contributed by atoms with Crippen LogP contribution in [0, 0.1) is 28.6 Å². The highest BCUT2D eigenvalue weighted by Gasteiger charge is 2.61. The molecule has 1 saturated heterocycles. The van der Waals surface area contributed by atoms with Gasteiger partial charge in [0.15, 0.2) is 0 Å². The van der Waals surface area contributed by atoms with E-state index in [4.69, 9.17) is 4.74 Å². The number of ether oxygens (including phenoxy) is 1. The van der Waals surface area contributed by atoms with E-state index in [2.05, 4.69) is 25.7 Å². The summed E-state index contributed by atoms with van der Waals surface area (Å²) in [6.07, 6.45) is 11.3. The molecule has 0 bridgehead atoms. The lowest BCUT2D eigenvalue weighted by molar-refractivity contribution is -0.161. The lowest BCUT2D eigenvalue weighted by Crippen LogP contribution is -2.66. The molecular formula is C20H31NO2. The molecule has 3 aliphatic carbocycles. The van der Waals surface area contributed by atoms with Crippen molar-refractivity contribution in [2.45, 2.75) is 77.4 Å². The maximum absolute atomic E-state index is 12.1. The van der Waals surface area contributed by atoms with E-state index < -0.39 is 0 Å². The Morgan fingerprint density at radius 1 is 1.17 bits per heavy atom. The highest BCUT2D eigenvalue weighted by Crippen LogP contribution is 2.64. The number of amides is 1. The van der Waals surface area contributed by atoms with Crippen molar-refractivity contribution < 1.29 is 9.53 Å². The summed E-state index contributed by atoms with van der Waals surface area (Å²) >= 11 is 0. The maximum Gasteiger partial charge on any atom is 0.223 e. The fraction of sp³-hybridized carbons (Fsp3) is 0.850. The zero-order valence-corrected chi connectivity index (χ0v) is 14.6. The number of hydrogen-bond donors (Lipinski definition) is 1. The molecular weight excluding hydrogens is 286 g/mol. The number of piperidine rings is 1. The molecule has 0 spiro atoms. The summed E-state index contributed by atoms with van der Waals surface area (Å²) in [6.45, 7) is 8.69. The molecule has 1 amide bonds. The van der Waals surface area contributed by atoms with E-state index in [1.165, 1.54) is 38.5 Å². The van der Waals surface area contributed by atoms with E-state index >= 15 is 0 Å². The van der Waals surface area contributed by atoms with Crippen LogP contribution in [0.2, 0.25) is 0 Å². The first-order valence-electron chi connectivity index (χ1n) is 9.55. The van der Waals surface area contributed by atoms with Crippen LogP contribution in [-0.2, 0) is 9.53 Å². The molecule has 0 aromatic rings. The van der Waals surface area contributed by atoms with Gasteiger partial charge < -0.3 is 10.1 Å². The van der Waals surface area contributed by atoms with Gasteiger partial charge in [0.1, 0.15) is 6.10 Å². The Morgan fingerprint density at radius 3 is 2.78 bits per heavy atom. The Morgan fingerprint density at radius 2 is 2.00 bits per heavy atom. The van der Waals surface area contributed by atoms with Crippen LogP contribution in [0.4, 0.5) is 0 Å². The molecule has 1 aliphatic heterocycles. The lowest BCUT2D eigenvalue weighted by atomic mass is 9.47. The van der Waals surface area contributed by atoms with E-state index in [1.54, 1.807) is 6.26 Å². The van der Waals surface area contributed by atoms with Crippen molar-refractivity contribution in [3.8, 4) is 0 Å². The van der Waals surface area contributed by atoms with Crippen LogP contribution in [0.15, 0.2) is 12.8 Å². The Bertz CT molecular complexity index is 518. The summed E-state index contributed by atoms with van der Waals surface area (Å²) in [5.74, 6) is 2.55. The molecule has 1 N–H and O–H groups in total. The predicted octanol–water partition coefficient (Wildman–Crippen LogP) is 4.04. The fourth-order valence-electron chi connectivity index (χ4n) is 7.03. The topological polar surface area (TPSA) is 38.3 Å². The Labute approximate surface area is 140 Å². The molecule has 1 unspecified atom stereocenters. The average Bonchev–Trinajstić information content (AvgIpc) is 2.90. The van der Waals surface area contributed by atoms with Gasteiger partial charge in [-0.15, -0.1) is 0 Å². The summed E-state index contributed by atoms with van der Waals surface area (Å²) in [5, 5.41) is 3.30. The standard InChI is InChI=1S/C20H31NO2/c1-4-23-17-12-18(22)21-16-8-7-13-14-6-5-10-19(14,2)11-9-15(13)20(16,17)3/h4,13-17H,1,5-12H2,2-3H3,(H,21,22)/t13-,14-,15-,16+,17?,19-,20+/m0/s1. The zero-order valence-electron chi connectivity index (χ0n) is 14.6. The third-order valence-corrected chi connectivity index (χ3v) is 8.22. The summed E-state index contributed by atoms with van der Waals surface area (Å²) in [6, 6.07) is 0.278. The number of fused-ring (bicyclic) bond motifs is 5. The van der Waals surface area contributed by atoms with Crippen molar-refractivity contribution in [2.24, 2.45) is 28.6 Å². The Hall–Kier alpha value is -0.990. The lowest BCUT2D eigenvalue weighted by Gasteiger charge is -2.61. The number of carbonyl (C=O) groups excluding carboxylic acids is 1. The van der Waals surface area contributed by atoms with Gasteiger partial charge in [-0.05, 0) is 61.7 Å². The molecule has 4 fully saturated rings. The highest BCUT2D eigenvalue weighted by molar-refractivity contribution is 5.78. The molecule has 4 rings (SSSR count). The molecule has 128 valence electrons. The van der Waals surface area contributed by atoms with Crippen molar-refractivity contribution in [3.63, 3.8) is 0 Å². The van der Waals surface area contributed by atoms with E-state index in [9.17, 15) is 4.79 Å². The van der Waals surface area contributed by atoms with Gasteiger partial charge in [-0.1, -0.05) is 26.8 Å². The quantitative estimate of drug-likeness (QED) is 0.781. The van der Waals surface area contributed by atoms with Crippen LogP contribution in [0.1, 0.15) is 65.2 Å². The summed E-state index contributed by atoms with van der Waals surface area (Å²) in [7, 11) is 0. The van der Waals surface area contributed by atoms with Gasteiger partial charge in [0.2, 0.25) is 5.91 Å². The molecule has 0 radical (unpaired) electrons. The van der Waals surface area contributed by atoms with Crippen LogP contribution < -0.4 is 5.32 Å². The van der Waals surface area contributed by atoms with E-state index in [0.717, 1.165) is 18.3 Å². The number of rotatable bonds is 2. The van der Waals surface area contributed by atoms with Gasteiger partial charge in [-0.2, -0.15) is 0 Å². The van der Waals surface area contributed by atoms with Crippen LogP contribution in [-0.4, -0.2) is 18.1 Å². The van der Waals surface area contributed by atoms with Crippen molar-refractivity contribution in [3.05, 3.63) is 12.8 Å².